The van der Waals surface area contributed by atoms with Gasteiger partial charge in [-0.2, -0.15) is 0 Å². The molecule has 0 amide bonds. The van der Waals surface area contributed by atoms with Crippen LogP contribution in [-0.4, -0.2) is 41.1 Å². The van der Waals surface area contributed by atoms with E-state index in [0.29, 0.717) is 23.9 Å². The molecule has 0 aliphatic heterocycles. The SMILES string of the molecule is CCCOCCNc1cc(OC)c(OC)c(OC)c1. The highest BCUT2D eigenvalue weighted by Gasteiger charge is 2.12. The van der Waals surface area contributed by atoms with E-state index in [-0.39, 0.29) is 0 Å². The lowest BCUT2D eigenvalue weighted by Crippen LogP contribution is -2.10. The highest BCUT2D eigenvalue weighted by atomic mass is 16.5. The highest BCUT2D eigenvalue weighted by molar-refractivity contribution is 5.62. The number of hydrogen-bond acceptors (Lipinski definition) is 5. The topological polar surface area (TPSA) is 49.0 Å². The van der Waals surface area contributed by atoms with E-state index in [4.69, 9.17) is 18.9 Å². The summed E-state index contributed by atoms with van der Waals surface area (Å²) in [6.07, 6.45) is 1.03. The van der Waals surface area contributed by atoms with Crippen molar-refractivity contribution in [1.82, 2.24) is 0 Å². The van der Waals surface area contributed by atoms with E-state index in [1.807, 2.05) is 12.1 Å². The summed E-state index contributed by atoms with van der Waals surface area (Å²) in [6, 6.07) is 3.75. The summed E-state index contributed by atoms with van der Waals surface area (Å²) in [6.45, 7) is 4.28. The van der Waals surface area contributed by atoms with E-state index < -0.39 is 0 Å². The van der Waals surface area contributed by atoms with Gasteiger partial charge >= 0.3 is 0 Å². The number of rotatable bonds is 9. The van der Waals surface area contributed by atoms with Crippen LogP contribution in [0.4, 0.5) is 5.69 Å². The standard InChI is InChI=1S/C14H23NO4/c1-5-7-19-8-6-15-11-9-12(16-2)14(18-4)13(10-11)17-3/h9-10,15H,5-8H2,1-4H3. The molecule has 19 heavy (non-hydrogen) atoms. The molecular formula is C14H23NO4. The fourth-order valence-electron chi connectivity index (χ4n) is 1.70. The molecule has 0 fully saturated rings. The molecule has 5 heteroatoms. The van der Waals surface area contributed by atoms with Gasteiger partial charge < -0.3 is 24.3 Å². The van der Waals surface area contributed by atoms with E-state index in [9.17, 15) is 0 Å². The number of nitrogens with one attached hydrogen (secondary N) is 1. The molecule has 0 saturated carbocycles. The van der Waals surface area contributed by atoms with E-state index in [1.165, 1.54) is 0 Å². The van der Waals surface area contributed by atoms with E-state index in [0.717, 1.165) is 25.3 Å². The Morgan fingerprint density at radius 3 is 2.05 bits per heavy atom. The first-order valence-corrected chi connectivity index (χ1v) is 6.38. The van der Waals surface area contributed by atoms with Crippen molar-refractivity contribution in [3.05, 3.63) is 12.1 Å². The molecule has 1 aromatic carbocycles. The summed E-state index contributed by atoms with van der Waals surface area (Å²) < 4.78 is 21.3. The maximum atomic E-state index is 5.41. The van der Waals surface area contributed by atoms with Crippen molar-refractivity contribution in [3.63, 3.8) is 0 Å². The molecule has 5 nitrogen and oxygen atoms in total. The third kappa shape index (κ3) is 4.52. The molecule has 0 atom stereocenters. The van der Waals surface area contributed by atoms with Gasteiger partial charge in [-0.15, -0.1) is 0 Å². The number of ether oxygens (including phenoxy) is 4. The summed E-state index contributed by atoms with van der Waals surface area (Å²) in [5.41, 5.74) is 0.912. The minimum atomic E-state index is 0.595. The van der Waals surface area contributed by atoms with E-state index in [2.05, 4.69) is 12.2 Å². The summed E-state index contributed by atoms with van der Waals surface area (Å²) in [7, 11) is 4.79. The Bertz CT molecular complexity index is 357. The molecule has 0 bridgehead atoms. The molecule has 1 rings (SSSR count). The van der Waals surface area contributed by atoms with Crippen molar-refractivity contribution in [2.45, 2.75) is 13.3 Å². The van der Waals surface area contributed by atoms with Crippen LogP contribution in [0.25, 0.3) is 0 Å². The van der Waals surface area contributed by atoms with Crippen LogP contribution in [0.2, 0.25) is 0 Å². The van der Waals surface area contributed by atoms with Crippen molar-refractivity contribution < 1.29 is 18.9 Å². The predicted molar refractivity (Wildman–Crippen MR) is 75.7 cm³/mol. The number of hydrogen-bond donors (Lipinski definition) is 1. The van der Waals surface area contributed by atoms with Gasteiger partial charge in [0.1, 0.15) is 0 Å². The van der Waals surface area contributed by atoms with Gasteiger partial charge in [0.05, 0.1) is 27.9 Å². The van der Waals surface area contributed by atoms with Gasteiger partial charge in [0, 0.05) is 31.0 Å². The molecule has 0 saturated heterocycles. The van der Waals surface area contributed by atoms with Crippen molar-refractivity contribution in [1.29, 1.82) is 0 Å². The minimum absolute atomic E-state index is 0.595. The minimum Gasteiger partial charge on any atom is -0.493 e. The van der Waals surface area contributed by atoms with Crippen LogP contribution in [0.15, 0.2) is 12.1 Å². The Balaban J connectivity index is 2.68. The van der Waals surface area contributed by atoms with Gasteiger partial charge in [0.15, 0.2) is 11.5 Å². The highest BCUT2D eigenvalue weighted by Crippen LogP contribution is 2.39. The zero-order valence-corrected chi connectivity index (χ0v) is 12.1. The van der Waals surface area contributed by atoms with Crippen molar-refractivity contribution >= 4 is 5.69 Å². The summed E-state index contributed by atoms with van der Waals surface area (Å²) in [5, 5.41) is 3.26. The lowest BCUT2D eigenvalue weighted by Gasteiger charge is -2.15. The van der Waals surface area contributed by atoms with Crippen LogP contribution in [0.5, 0.6) is 17.2 Å². The lowest BCUT2D eigenvalue weighted by molar-refractivity contribution is 0.144. The largest absolute Gasteiger partial charge is 0.493 e. The van der Waals surface area contributed by atoms with Gasteiger partial charge in [-0.25, -0.2) is 0 Å². The van der Waals surface area contributed by atoms with Crippen LogP contribution in [0.1, 0.15) is 13.3 Å². The molecular weight excluding hydrogens is 246 g/mol. The normalized spacial score (nSPS) is 10.1. The van der Waals surface area contributed by atoms with Crippen LogP contribution < -0.4 is 19.5 Å². The van der Waals surface area contributed by atoms with Gasteiger partial charge in [-0.05, 0) is 6.42 Å². The van der Waals surface area contributed by atoms with Crippen LogP contribution in [0.3, 0.4) is 0 Å². The maximum absolute atomic E-state index is 5.41. The second kappa shape index (κ2) is 8.48. The average Bonchev–Trinajstić information content (AvgIpc) is 2.45. The Kier molecular flexibility index (Phi) is 6.89. The predicted octanol–water partition coefficient (Wildman–Crippen LogP) is 2.55. The summed E-state index contributed by atoms with van der Waals surface area (Å²) in [4.78, 5) is 0. The van der Waals surface area contributed by atoms with Gasteiger partial charge in [0.25, 0.3) is 0 Å². The Morgan fingerprint density at radius 2 is 1.58 bits per heavy atom. The fourth-order valence-corrected chi connectivity index (χ4v) is 1.70. The number of benzene rings is 1. The number of methoxy groups -OCH3 is 3. The Hall–Kier alpha value is -1.62. The van der Waals surface area contributed by atoms with Crippen LogP contribution in [-0.2, 0) is 4.74 Å². The van der Waals surface area contributed by atoms with Crippen LogP contribution >= 0.6 is 0 Å². The molecule has 0 unspecified atom stereocenters. The molecule has 0 aliphatic rings. The van der Waals surface area contributed by atoms with Gasteiger partial charge in [-0.3, -0.25) is 0 Å². The first kappa shape index (κ1) is 15.4. The lowest BCUT2D eigenvalue weighted by atomic mass is 10.2. The van der Waals surface area contributed by atoms with Crippen molar-refractivity contribution in [2.24, 2.45) is 0 Å². The zero-order chi connectivity index (χ0) is 14.1. The molecule has 0 aliphatic carbocycles. The first-order chi connectivity index (χ1) is 9.26. The third-order valence-corrected chi connectivity index (χ3v) is 2.59. The second-order valence-corrected chi connectivity index (χ2v) is 3.95. The van der Waals surface area contributed by atoms with E-state index >= 15 is 0 Å². The van der Waals surface area contributed by atoms with Gasteiger partial charge in [-0.1, -0.05) is 6.92 Å². The van der Waals surface area contributed by atoms with E-state index in [1.54, 1.807) is 21.3 Å². The molecule has 1 aromatic rings. The van der Waals surface area contributed by atoms with Gasteiger partial charge in [0.2, 0.25) is 5.75 Å². The monoisotopic (exact) mass is 269 g/mol. The molecule has 1 N–H and O–H groups in total. The van der Waals surface area contributed by atoms with Crippen molar-refractivity contribution in [2.75, 3.05) is 46.4 Å². The molecule has 0 heterocycles. The van der Waals surface area contributed by atoms with Crippen molar-refractivity contribution in [3.8, 4) is 17.2 Å². The summed E-state index contributed by atoms with van der Waals surface area (Å²) in [5.74, 6) is 1.87. The zero-order valence-electron chi connectivity index (χ0n) is 12.1. The number of anilines is 1. The smallest absolute Gasteiger partial charge is 0.203 e. The molecule has 0 spiro atoms. The second-order valence-electron chi connectivity index (χ2n) is 3.95. The third-order valence-electron chi connectivity index (χ3n) is 2.59. The Labute approximate surface area is 114 Å². The maximum Gasteiger partial charge on any atom is 0.203 e. The average molecular weight is 269 g/mol. The quantitative estimate of drug-likeness (QED) is 0.698. The fraction of sp³-hybridized carbons (Fsp3) is 0.571. The molecule has 0 radical (unpaired) electrons. The molecule has 108 valence electrons. The first-order valence-electron chi connectivity index (χ1n) is 6.38. The summed E-state index contributed by atoms with van der Waals surface area (Å²) >= 11 is 0. The Morgan fingerprint density at radius 1 is 0.947 bits per heavy atom. The molecule has 0 aromatic heterocycles. The van der Waals surface area contributed by atoms with Crippen LogP contribution in [0, 0.1) is 0 Å².